The molecule has 1 N–H and O–H groups in total. The average molecular weight is 264 g/mol. The van der Waals surface area contributed by atoms with Crippen molar-refractivity contribution < 1.29 is 13.2 Å². The molecule has 1 fully saturated rings. The predicted molar refractivity (Wildman–Crippen MR) is 68.5 cm³/mol. The van der Waals surface area contributed by atoms with Gasteiger partial charge >= 0.3 is 0 Å². The highest BCUT2D eigenvalue weighted by molar-refractivity contribution is 7.89. The molecule has 0 aromatic rings. The van der Waals surface area contributed by atoms with Crippen molar-refractivity contribution in [2.45, 2.75) is 39.4 Å². The van der Waals surface area contributed by atoms with Crippen LogP contribution in [0.4, 0.5) is 0 Å². The van der Waals surface area contributed by atoms with Crippen molar-refractivity contribution in [3.63, 3.8) is 0 Å². The van der Waals surface area contributed by atoms with Crippen molar-refractivity contribution in [3.05, 3.63) is 0 Å². The smallest absolute Gasteiger partial charge is 0.214 e. The van der Waals surface area contributed by atoms with Crippen LogP contribution in [0.1, 0.15) is 27.2 Å². The molecule has 1 aliphatic rings. The molecule has 1 heterocycles. The minimum absolute atomic E-state index is 0.0118. The number of rotatable bonds is 6. The highest BCUT2D eigenvalue weighted by Crippen LogP contribution is 2.15. The summed E-state index contributed by atoms with van der Waals surface area (Å²) < 4.78 is 31.3. The van der Waals surface area contributed by atoms with Gasteiger partial charge in [0.05, 0.1) is 18.0 Å². The Bertz CT molecular complexity index is 309. The zero-order chi connectivity index (χ0) is 12.9. The SMILES string of the molecule is CCNCCCS(=O)(=O)N1CC(C)OC(C)C1. The maximum absolute atomic E-state index is 12.1. The Morgan fingerprint density at radius 2 is 1.88 bits per heavy atom. The summed E-state index contributed by atoms with van der Waals surface area (Å²) >= 11 is 0. The van der Waals surface area contributed by atoms with Gasteiger partial charge in [-0.1, -0.05) is 6.92 Å². The van der Waals surface area contributed by atoms with Gasteiger partial charge < -0.3 is 10.1 Å². The van der Waals surface area contributed by atoms with Gasteiger partial charge in [0.15, 0.2) is 0 Å². The lowest BCUT2D eigenvalue weighted by molar-refractivity contribution is -0.0440. The van der Waals surface area contributed by atoms with E-state index < -0.39 is 10.0 Å². The molecule has 102 valence electrons. The summed E-state index contributed by atoms with van der Waals surface area (Å²) in [7, 11) is -3.12. The minimum Gasteiger partial charge on any atom is -0.373 e. The molecule has 1 aliphatic heterocycles. The van der Waals surface area contributed by atoms with E-state index in [1.165, 1.54) is 0 Å². The number of hydrogen-bond acceptors (Lipinski definition) is 4. The second-order valence-electron chi connectivity index (χ2n) is 4.60. The number of morpholine rings is 1. The maximum Gasteiger partial charge on any atom is 0.214 e. The zero-order valence-electron chi connectivity index (χ0n) is 11.0. The third-order valence-electron chi connectivity index (χ3n) is 2.79. The molecule has 1 saturated heterocycles. The predicted octanol–water partition coefficient (Wildman–Crippen LogP) is 0.425. The molecule has 1 rings (SSSR count). The summed E-state index contributed by atoms with van der Waals surface area (Å²) in [6, 6.07) is 0. The summed E-state index contributed by atoms with van der Waals surface area (Å²) in [4.78, 5) is 0. The van der Waals surface area contributed by atoms with E-state index in [4.69, 9.17) is 4.74 Å². The van der Waals surface area contributed by atoms with Crippen LogP contribution in [-0.2, 0) is 14.8 Å². The summed E-state index contributed by atoms with van der Waals surface area (Å²) in [6.45, 7) is 8.44. The molecule has 0 aromatic carbocycles. The molecule has 0 aromatic heterocycles. The maximum atomic E-state index is 12.1. The lowest BCUT2D eigenvalue weighted by atomic mass is 10.3. The monoisotopic (exact) mass is 264 g/mol. The summed E-state index contributed by atoms with van der Waals surface area (Å²) in [5, 5.41) is 3.13. The number of nitrogens with zero attached hydrogens (tertiary/aromatic N) is 1. The second kappa shape index (κ2) is 6.68. The van der Waals surface area contributed by atoms with E-state index in [9.17, 15) is 8.42 Å². The first-order valence-electron chi connectivity index (χ1n) is 6.29. The van der Waals surface area contributed by atoms with Crippen molar-refractivity contribution in [2.24, 2.45) is 0 Å². The third kappa shape index (κ3) is 4.91. The van der Waals surface area contributed by atoms with Gasteiger partial charge in [0.1, 0.15) is 0 Å². The van der Waals surface area contributed by atoms with Crippen molar-refractivity contribution in [1.82, 2.24) is 9.62 Å². The normalized spacial score (nSPS) is 27.2. The van der Waals surface area contributed by atoms with E-state index in [-0.39, 0.29) is 18.0 Å². The van der Waals surface area contributed by atoms with Gasteiger partial charge in [-0.15, -0.1) is 0 Å². The van der Waals surface area contributed by atoms with Crippen LogP contribution in [0, 0.1) is 0 Å². The van der Waals surface area contributed by atoms with Crippen LogP contribution in [-0.4, -0.2) is 56.9 Å². The van der Waals surface area contributed by atoms with Crippen molar-refractivity contribution >= 4 is 10.0 Å². The van der Waals surface area contributed by atoms with Gasteiger partial charge in [-0.25, -0.2) is 8.42 Å². The fourth-order valence-electron chi connectivity index (χ4n) is 2.04. The quantitative estimate of drug-likeness (QED) is 0.707. The van der Waals surface area contributed by atoms with Crippen molar-refractivity contribution in [3.8, 4) is 0 Å². The zero-order valence-corrected chi connectivity index (χ0v) is 11.8. The molecule has 0 bridgehead atoms. The van der Waals surface area contributed by atoms with Gasteiger partial charge in [0, 0.05) is 13.1 Å². The molecule has 5 nitrogen and oxygen atoms in total. The van der Waals surface area contributed by atoms with E-state index in [0.717, 1.165) is 13.1 Å². The van der Waals surface area contributed by atoms with Crippen molar-refractivity contribution in [2.75, 3.05) is 31.9 Å². The third-order valence-corrected chi connectivity index (χ3v) is 4.67. The minimum atomic E-state index is -3.12. The van der Waals surface area contributed by atoms with Crippen LogP contribution >= 0.6 is 0 Å². The lowest BCUT2D eigenvalue weighted by Gasteiger charge is -2.34. The summed E-state index contributed by atoms with van der Waals surface area (Å²) in [6.07, 6.45) is 0.639. The van der Waals surface area contributed by atoms with Crippen LogP contribution in [0.15, 0.2) is 0 Å². The first-order valence-corrected chi connectivity index (χ1v) is 7.90. The molecule has 6 heteroatoms. The Morgan fingerprint density at radius 3 is 2.41 bits per heavy atom. The molecule has 0 radical (unpaired) electrons. The largest absolute Gasteiger partial charge is 0.373 e. The van der Waals surface area contributed by atoms with Gasteiger partial charge in [-0.2, -0.15) is 4.31 Å². The fraction of sp³-hybridized carbons (Fsp3) is 1.00. The topological polar surface area (TPSA) is 58.6 Å². The Balaban J connectivity index is 2.45. The molecular weight excluding hydrogens is 240 g/mol. The highest BCUT2D eigenvalue weighted by atomic mass is 32.2. The van der Waals surface area contributed by atoms with E-state index in [1.54, 1.807) is 4.31 Å². The van der Waals surface area contributed by atoms with E-state index in [2.05, 4.69) is 5.32 Å². The number of ether oxygens (including phenoxy) is 1. The number of nitrogens with one attached hydrogen (secondary N) is 1. The molecule has 17 heavy (non-hydrogen) atoms. The van der Waals surface area contributed by atoms with Crippen LogP contribution in [0.2, 0.25) is 0 Å². The highest BCUT2D eigenvalue weighted by Gasteiger charge is 2.30. The van der Waals surface area contributed by atoms with E-state index >= 15 is 0 Å². The molecule has 0 saturated carbocycles. The Kier molecular flexibility index (Phi) is 5.85. The van der Waals surface area contributed by atoms with Gasteiger partial charge in [-0.3, -0.25) is 0 Å². The second-order valence-corrected chi connectivity index (χ2v) is 6.69. The van der Waals surface area contributed by atoms with Crippen molar-refractivity contribution in [1.29, 1.82) is 0 Å². The van der Waals surface area contributed by atoms with Crippen LogP contribution < -0.4 is 5.32 Å². The number of hydrogen-bond donors (Lipinski definition) is 1. The van der Waals surface area contributed by atoms with E-state index in [1.807, 2.05) is 20.8 Å². The Labute approximate surface area is 105 Å². The molecule has 0 spiro atoms. The summed E-state index contributed by atoms with van der Waals surface area (Å²) in [5.41, 5.74) is 0. The standard InChI is InChI=1S/C11H24N2O3S/c1-4-12-6-5-7-17(14,15)13-8-10(2)16-11(3)9-13/h10-12H,4-9H2,1-3H3. The molecule has 0 amide bonds. The van der Waals surface area contributed by atoms with Crippen LogP contribution in [0.25, 0.3) is 0 Å². The molecule has 2 unspecified atom stereocenters. The molecule has 2 atom stereocenters. The van der Waals surface area contributed by atoms with Gasteiger partial charge in [0.25, 0.3) is 0 Å². The van der Waals surface area contributed by atoms with Gasteiger partial charge in [0.2, 0.25) is 10.0 Å². The molecule has 0 aliphatic carbocycles. The van der Waals surface area contributed by atoms with Crippen LogP contribution in [0.5, 0.6) is 0 Å². The first-order chi connectivity index (χ1) is 7.95. The van der Waals surface area contributed by atoms with Crippen LogP contribution in [0.3, 0.4) is 0 Å². The lowest BCUT2D eigenvalue weighted by Crippen LogP contribution is -2.48. The first kappa shape index (κ1) is 14.9. The Hall–Kier alpha value is -0.170. The number of sulfonamides is 1. The Morgan fingerprint density at radius 1 is 1.29 bits per heavy atom. The van der Waals surface area contributed by atoms with Gasteiger partial charge in [-0.05, 0) is 33.4 Å². The van der Waals surface area contributed by atoms with E-state index in [0.29, 0.717) is 19.5 Å². The fourth-order valence-corrected chi connectivity index (χ4v) is 3.68. The molecular formula is C11H24N2O3S. The average Bonchev–Trinajstić information content (AvgIpc) is 2.23. The summed E-state index contributed by atoms with van der Waals surface area (Å²) in [5.74, 6) is 0.222.